The van der Waals surface area contributed by atoms with Gasteiger partial charge in [-0.1, -0.05) is 23.2 Å². The van der Waals surface area contributed by atoms with Crippen LogP contribution in [0.4, 0.5) is 10.3 Å². The van der Waals surface area contributed by atoms with Crippen LogP contribution in [0, 0.1) is 0 Å². The summed E-state index contributed by atoms with van der Waals surface area (Å²) in [4.78, 5) is 4.43. The first-order valence-corrected chi connectivity index (χ1v) is 8.31. The fourth-order valence-corrected chi connectivity index (χ4v) is 3.09. The van der Waals surface area contributed by atoms with Gasteiger partial charge in [-0.25, -0.2) is 9.37 Å². The first-order chi connectivity index (χ1) is 11.3. The van der Waals surface area contributed by atoms with Gasteiger partial charge in [0.15, 0.2) is 12.4 Å². The highest BCUT2D eigenvalue weighted by Crippen LogP contribution is 2.38. The van der Waals surface area contributed by atoms with Crippen molar-refractivity contribution in [2.45, 2.75) is 44.5 Å². The molecule has 9 heteroatoms. The fraction of sp³-hybridized carbons (Fsp3) is 0.533. The lowest BCUT2D eigenvalue weighted by Gasteiger charge is -2.20. The van der Waals surface area contributed by atoms with Gasteiger partial charge in [-0.3, -0.25) is 4.57 Å². The number of fused-ring (bicyclic) bond motifs is 1. The van der Waals surface area contributed by atoms with E-state index in [9.17, 15) is 14.6 Å². The van der Waals surface area contributed by atoms with Crippen molar-refractivity contribution in [1.29, 1.82) is 0 Å². The van der Waals surface area contributed by atoms with Gasteiger partial charge in [-0.2, -0.15) is 0 Å². The molecule has 2 aromatic rings. The number of ether oxygens (including phenoxy) is 1. The SMILES string of the molecule is CC(C)Nc1nc2cc(Cl)c(Cl)cc2n1[C@@H]1O[C@H](CO)[C@@H](O)[C@@H]1F. The van der Waals surface area contributed by atoms with E-state index >= 15 is 0 Å². The molecule has 3 N–H and O–H groups in total. The van der Waals surface area contributed by atoms with Gasteiger partial charge < -0.3 is 20.3 Å². The van der Waals surface area contributed by atoms with Crippen molar-refractivity contribution in [3.63, 3.8) is 0 Å². The summed E-state index contributed by atoms with van der Waals surface area (Å²) in [6.45, 7) is 3.35. The van der Waals surface area contributed by atoms with Crippen molar-refractivity contribution in [1.82, 2.24) is 9.55 Å². The van der Waals surface area contributed by atoms with Gasteiger partial charge in [0.05, 0.1) is 27.7 Å². The van der Waals surface area contributed by atoms with E-state index in [2.05, 4.69) is 10.3 Å². The Bertz CT molecular complexity index is 755. The topological polar surface area (TPSA) is 79.5 Å². The molecular weight excluding hydrogens is 360 g/mol. The molecule has 6 nitrogen and oxygen atoms in total. The second-order valence-corrected chi connectivity index (χ2v) is 6.86. The number of hydrogen-bond donors (Lipinski definition) is 3. The maximum absolute atomic E-state index is 14.6. The van der Waals surface area contributed by atoms with Crippen molar-refractivity contribution < 1.29 is 19.3 Å². The largest absolute Gasteiger partial charge is 0.394 e. The zero-order chi connectivity index (χ0) is 17.6. The molecule has 0 amide bonds. The first-order valence-electron chi connectivity index (χ1n) is 7.55. The Balaban J connectivity index is 2.15. The number of alkyl halides is 1. The Morgan fingerprint density at radius 3 is 2.62 bits per heavy atom. The average molecular weight is 378 g/mol. The van der Waals surface area contributed by atoms with E-state index in [0.29, 0.717) is 27.0 Å². The quantitative estimate of drug-likeness (QED) is 0.763. The van der Waals surface area contributed by atoms with Gasteiger partial charge in [0.2, 0.25) is 5.95 Å². The van der Waals surface area contributed by atoms with Crippen LogP contribution in [0.2, 0.25) is 10.0 Å². The molecule has 3 rings (SSSR count). The lowest BCUT2D eigenvalue weighted by Crippen LogP contribution is -2.30. The Kier molecular flexibility index (Phi) is 4.90. The number of aromatic nitrogens is 2. The number of aliphatic hydroxyl groups is 2. The number of imidazole rings is 1. The van der Waals surface area contributed by atoms with E-state index in [1.165, 1.54) is 4.57 Å². The van der Waals surface area contributed by atoms with Gasteiger partial charge in [-0.15, -0.1) is 0 Å². The molecule has 2 heterocycles. The normalized spacial score (nSPS) is 27.3. The monoisotopic (exact) mass is 377 g/mol. The summed E-state index contributed by atoms with van der Waals surface area (Å²) < 4.78 is 21.6. The van der Waals surface area contributed by atoms with Crippen LogP contribution >= 0.6 is 23.2 Å². The highest BCUT2D eigenvalue weighted by Gasteiger charge is 2.46. The Morgan fingerprint density at radius 1 is 1.38 bits per heavy atom. The first kappa shape index (κ1) is 17.7. The molecule has 4 atom stereocenters. The summed E-state index contributed by atoms with van der Waals surface area (Å²) in [5.74, 6) is 0.372. The highest BCUT2D eigenvalue weighted by molar-refractivity contribution is 6.42. The smallest absolute Gasteiger partial charge is 0.206 e. The van der Waals surface area contributed by atoms with Crippen LogP contribution in [0.15, 0.2) is 12.1 Å². The number of halogens is 3. The third-order valence-electron chi connectivity index (χ3n) is 3.88. The summed E-state index contributed by atoms with van der Waals surface area (Å²) in [7, 11) is 0. The Hall–Kier alpha value is -1.12. The molecule has 0 radical (unpaired) electrons. The van der Waals surface area contributed by atoms with Crippen molar-refractivity contribution in [2.75, 3.05) is 11.9 Å². The van der Waals surface area contributed by atoms with E-state index in [1.54, 1.807) is 12.1 Å². The zero-order valence-electron chi connectivity index (χ0n) is 13.1. The second-order valence-electron chi connectivity index (χ2n) is 6.04. The number of nitrogens with one attached hydrogen (secondary N) is 1. The van der Waals surface area contributed by atoms with Crippen molar-refractivity contribution in [3.05, 3.63) is 22.2 Å². The lowest BCUT2D eigenvalue weighted by atomic mass is 10.1. The van der Waals surface area contributed by atoms with E-state index in [1.807, 2.05) is 13.8 Å². The molecule has 1 aliphatic rings. The van der Waals surface area contributed by atoms with Gasteiger partial charge in [0.1, 0.15) is 12.2 Å². The summed E-state index contributed by atoms with van der Waals surface area (Å²) in [5.41, 5.74) is 1.04. The standard InChI is InChI=1S/C15H18Cl2FN3O3/c1-6(2)19-15-20-9-3-7(16)8(17)4-10(9)21(15)14-12(18)13(23)11(5-22)24-14/h3-4,6,11-14,22-23H,5H2,1-2H3,(H,19,20)/t11-,12+,13-,14-/m1/s1. The van der Waals surface area contributed by atoms with Crippen LogP contribution in [0.25, 0.3) is 11.0 Å². The number of rotatable bonds is 4. The molecule has 0 bridgehead atoms. The fourth-order valence-electron chi connectivity index (χ4n) is 2.77. The van der Waals surface area contributed by atoms with Crippen LogP contribution in [0.3, 0.4) is 0 Å². The molecule has 132 valence electrons. The minimum Gasteiger partial charge on any atom is -0.394 e. The summed E-state index contributed by atoms with van der Waals surface area (Å²) in [6, 6.07) is 3.19. The van der Waals surface area contributed by atoms with Gasteiger partial charge in [-0.05, 0) is 26.0 Å². The number of nitrogens with zero attached hydrogens (tertiary/aromatic N) is 2. The van der Waals surface area contributed by atoms with Crippen LogP contribution in [-0.4, -0.2) is 50.8 Å². The van der Waals surface area contributed by atoms with Gasteiger partial charge >= 0.3 is 0 Å². The van der Waals surface area contributed by atoms with Crippen molar-refractivity contribution in [2.24, 2.45) is 0 Å². The van der Waals surface area contributed by atoms with Crippen LogP contribution in [-0.2, 0) is 4.74 Å². The van der Waals surface area contributed by atoms with Crippen LogP contribution in [0.1, 0.15) is 20.1 Å². The van der Waals surface area contributed by atoms with E-state index in [-0.39, 0.29) is 6.04 Å². The maximum Gasteiger partial charge on any atom is 0.206 e. The second kappa shape index (κ2) is 6.65. The number of benzene rings is 1. The molecule has 1 aromatic carbocycles. The summed E-state index contributed by atoms with van der Waals surface area (Å²) >= 11 is 12.1. The maximum atomic E-state index is 14.6. The zero-order valence-corrected chi connectivity index (χ0v) is 14.6. The van der Waals surface area contributed by atoms with Gasteiger partial charge in [0, 0.05) is 6.04 Å². The molecule has 0 spiro atoms. The third kappa shape index (κ3) is 2.95. The minimum absolute atomic E-state index is 0.0320. The molecule has 1 aromatic heterocycles. The molecule has 0 aliphatic carbocycles. The molecule has 1 saturated heterocycles. The third-order valence-corrected chi connectivity index (χ3v) is 4.60. The van der Waals surface area contributed by atoms with E-state index in [0.717, 1.165) is 0 Å². The molecule has 1 fully saturated rings. The lowest BCUT2D eigenvalue weighted by molar-refractivity contribution is -0.0450. The van der Waals surface area contributed by atoms with E-state index in [4.69, 9.17) is 27.9 Å². The molecular formula is C15H18Cl2FN3O3. The molecule has 24 heavy (non-hydrogen) atoms. The Labute approximate surface area is 148 Å². The minimum atomic E-state index is -1.72. The molecule has 1 aliphatic heterocycles. The predicted octanol–water partition coefficient (Wildman–Crippen LogP) is 2.75. The molecule has 0 saturated carbocycles. The number of anilines is 1. The van der Waals surface area contributed by atoms with Crippen molar-refractivity contribution in [3.8, 4) is 0 Å². The predicted molar refractivity (Wildman–Crippen MR) is 90.4 cm³/mol. The number of aliphatic hydroxyl groups excluding tert-OH is 2. The summed E-state index contributed by atoms with van der Waals surface area (Å²) in [5, 5.41) is 22.9. The highest BCUT2D eigenvalue weighted by atomic mass is 35.5. The van der Waals surface area contributed by atoms with Gasteiger partial charge in [0.25, 0.3) is 0 Å². The summed E-state index contributed by atoms with van der Waals surface area (Å²) in [6.07, 6.45) is -5.29. The van der Waals surface area contributed by atoms with Crippen molar-refractivity contribution >= 4 is 40.2 Å². The number of hydrogen-bond acceptors (Lipinski definition) is 5. The van der Waals surface area contributed by atoms with Crippen LogP contribution in [0.5, 0.6) is 0 Å². The van der Waals surface area contributed by atoms with E-state index < -0.39 is 31.2 Å². The average Bonchev–Trinajstić information content (AvgIpc) is 2.97. The molecule has 0 unspecified atom stereocenters. The Morgan fingerprint density at radius 2 is 2.04 bits per heavy atom. The van der Waals surface area contributed by atoms with Crippen LogP contribution < -0.4 is 5.32 Å².